The van der Waals surface area contributed by atoms with Crippen LogP contribution in [-0.4, -0.2) is 20.4 Å². The van der Waals surface area contributed by atoms with E-state index in [1.807, 2.05) is 20.4 Å². The summed E-state index contributed by atoms with van der Waals surface area (Å²) in [5.41, 5.74) is 0. The molecule has 0 saturated carbocycles. The fourth-order valence-corrected chi connectivity index (χ4v) is 0. The van der Waals surface area contributed by atoms with Crippen LogP contribution in [0.1, 0.15) is 0 Å². The molecule has 0 aromatic rings. The Hall–Kier alpha value is -0.458. The van der Waals surface area contributed by atoms with E-state index < -0.39 is 0 Å². The van der Waals surface area contributed by atoms with Crippen molar-refractivity contribution in [1.82, 2.24) is 0 Å². The third kappa shape index (κ3) is 332. The van der Waals surface area contributed by atoms with Crippen LogP contribution < -0.4 is 0 Å². The largest absolute Gasteiger partial charge is 0.307 e. The maximum Gasteiger partial charge on any atom is 0.106 e. The smallest absolute Gasteiger partial charge is 0.106 e. The van der Waals surface area contributed by atoms with Crippen molar-refractivity contribution in [3.63, 3.8) is 0 Å². The molecule has 3 nitrogen and oxygen atoms in total. The van der Waals surface area contributed by atoms with Crippen molar-refractivity contribution < 1.29 is 31.7 Å². The summed E-state index contributed by atoms with van der Waals surface area (Å²) in [6.07, 6.45) is 0. The van der Waals surface area contributed by atoms with E-state index in [1.54, 1.807) is 0 Å². The summed E-state index contributed by atoms with van der Waals surface area (Å²) in [7, 11) is 0. The molecular formula is C3H6CrO3. The van der Waals surface area contributed by atoms with Crippen LogP contribution in [0.3, 0.4) is 0 Å². The Bertz CT molecular complexity index is 14.9. The van der Waals surface area contributed by atoms with E-state index in [1.165, 1.54) is 0 Å². The Kier molecular flexibility index (Phi) is 2430. The maximum atomic E-state index is 8.00. The first-order valence-corrected chi connectivity index (χ1v) is 0.866. The summed E-state index contributed by atoms with van der Waals surface area (Å²) in [6.45, 7) is 6.00. The van der Waals surface area contributed by atoms with E-state index in [0.717, 1.165) is 0 Å². The zero-order chi connectivity index (χ0) is 6.00. The zero-order valence-electron chi connectivity index (χ0n) is 3.75. The fraction of sp³-hybridized carbons (Fsp3) is 0. The van der Waals surface area contributed by atoms with E-state index >= 15 is 0 Å². The minimum Gasteiger partial charge on any atom is -0.307 e. The normalized spacial score (nSPS) is 1.71. The molecule has 7 heavy (non-hydrogen) atoms. The summed E-state index contributed by atoms with van der Waals surface area (Å²) in [4.78, 5) is 24.0. The van der Waals surface area contributed by atoms with Crippen LogP contribution in [0.15, 0.2) is 0 Å². The Morgan fingerprint density at radius 2 is 0.571 bits per heavy atom. The number of rotatable bonds is 0. The number of carbonyl (C=O) groups is 3. The molecule has 0 heterocycles. The van der Waals surface area contributed by atoms with Gasteiger partial charge in [0.15, 0.2) is 0 Å². The van der Waals surface area contributed by atoms with Crippen LogP contribution in [-0.2, 0) is 31.7 Å². The minimum absolute atomic E-state index is 0. The van der Waals surface area contributed by atoms with Crippen LogP contribution in [0.2, 0.25) is 0 Å². The Balaban J connectivity index is -0.00000000900. The predicted octanol–water partition coefficient (Wildman–Crippen LogP) is -0.557. The molecule has 0 aliphatic carbocycles. The van der Waals surface area contributed by atoms with Crippen molar-refractivity contribution in [1.29, 1.82) is 0 Å². The van der Waals surface area contributed by atoms with Gasteiger partial charge in [0, 0.05) is 17.4 Å². The minimum atomic E-state index is 0. The van der Waals surface area contributed by atoms with Gasteiger partial charge in [-0.1, -0.05) is 0 Å². The molecule has 0 aliphatic rings. The van der Waals surface area contributed by atoms with E-state index in [0.29, 0.717) is 0 Å². The third-order valence-electron chi connectivity index (χ3n) is 0. The predicted molar refractivity (Wildman–Crippen MR) is 21.4 cm³/mol. The van der Waals surface area contributed by atoms with Gasteiger partial charge in [-0.25, -0.2) is 0 Å². The molecule has 0 fully saturated rings. The second kappa shape index (κ2) is 546. The molecule has 0 rings (SSSR count). The number of carbonyl (C=O) groups excluding carboxylic acids is 3. The first kappa shape index (κ1) is 31.1. The SMILES string of the molecule is C=O.C=O.C=O.[Cr]. The quantitative estimate of drug-likeness (QED) is 0.455. The van der Waals surface area contributed by atoms with Gasteiger partial charge in [0.2, 0.25) is 0 Å². The van der Waals surface area contributed by atoms with Crippen molar-refractivity contribution in [2.75, 3.05) is 0 Å². The summed E-state index contributed by atoms with van der Waals surface area (Å²) in [5.74, 6) is 0. The molecule has 0 atom stereocenters. The maximum absolute atomic E-state index is 8.00. The van der Waals surface area contributed by atoms with Crippen molar-refractivity contribution in [2.45, 2.75) is 0 Å². The van der Waals surface area contributed by atoms with Crippen LogP contribution >= 0.6 is 0 Å². The van der Waals surface area contributed by atoms with Gasteiger partial charge in [-0.3, -0.25) is 0 Å². The second-order valence-electron chi connectivity index (χ2n) is 0. The fourth-order valence-electron chi connectivity index (χ4n) is 0. The van der Waals surface area contributed by atoms with Gasteiger partial charge in [0.1, 0.15) is 20.4 Å². The van der Waals surface area contributed by atoms with E-state index in [-0.39, 0.29) is 17.4 Å². The van der Waals surface area contributed by atoms with Gasteiger partial charge in [0.05, 0.1) is 0 Å². The summed E-state index contributed by atoms with van der Waals surface area (Å²) >= 11 is 0. The van der Waals surface area contributed by atoms with E-state index in [2.05, 4.69) is 0 Å². The van der Waals surface area contributed by atoms with Gasteiger partial charge in [0.25, 0.3) is 0 Å². The number of hydrogen-bond acceptors (Lipinski definition) is 3. The molecule has 0 bridgehead atoms. The monoisotopic (exact) mass is 142 g/mol. The molecular weight excluding hydrogens is 136 g/mol. The standard InChI is InChI=1S/3CH2O.Cr/c3*1-2;/h3*1H2;. The second-order valence-corrected chi connectivity index (χ2v) is 0. The van der Waals surface area contributed by atoms with Crippen molar-refractivity contribution >= 4 is 20.4 Å². The average molecular weight is 142 g/mol. The van der Waals surface area contributed by atoms with Crippen molar-refractivity contribution in [2.24, 2.45) is 0 Å². The van der Waals surface area contributed by atoms with Gasteiger partial charge in [-0.05, 0) is 0 Å². The van der Waals surface area contributed by atoms with Gasteiger partial charge < -0.3 is 14.4 Å². The topological polar surface area (TPSA) is 51.2 Å². The van der Waals surface area contributed by atoms with Crippen LogP contribution in [0.25, 0.3) is 0 Å². The Morgan fingerprint density at radius 3 is 0.571 bits per heavy atom. The molecule has 42 valence electrons. The van der Waals surface area contributed by atoms with Crippen LogP contribution in [0, 0.1) is 0 Å². The first-order valence-electron chi connectivity index (χ1n) is 0.866. The van der Waals surface area contributed by atoms with Gasteiger partial charge >= 0.3 is 0 Å². The summed E-state index contributed by atoms with van der Waals surface area (Å²) in [5, 5.41) is 0. The first-order chi connectivity index (χ1) is 3.00. The van der Waals surface area contributed by atoms with Crippen LogP contribution in [0.5, 0.6) is 0 Å². The molecule has 0 unspecified atom stereocenters. The Labute approximate surface area is 52.8 Å². The molecule has 0 amide bonds. The van der Waals surface area contributed by atoms with Gasteiger partial charge in [-0.2, -0.15) is 0 Å². The van der Waals surface area contributed by atoms with Crippen molar-refractivity contribution in [3.8, 4) is 0 Å². The molecule has 0 saturated heterocycles. The molecule has 0 N–H and O–H groups in total. The molecule has 4 heteroatoms. The van der Waals surface area contributed by atoms with E-state index in [9.17, 15) is 0 Å². The molecule has 0 spiro atoms. The molecule has 0 aromatic carbocycles. The molecule has 0 radical (unpaired) electrons. The molecule has 0 aromatic heterocycles. The third-order valence-corrected chi connectivity index (χ3v) is 0. The average Bonchev–Trinajstić information content (AvgIpc) is 1.81. The van der Waals surface area contributed by atoms with E-state index in [4.69, 9.17) is 14.4 Å². The summed E-state index contributed by atoms with van der Waals surface area (Å²) < 4.78 is 0. The molecule has 0 aliphatic heterocycles. The zero-order valence-corrected chi connectivity index (χ0v) is 5.03. The van der Waals surface area contributed by atoms with Crippen LogP contribution in [0.4, 0.5) is 0 Å². The summed E-state index contributed by atoms with van der Waals surface area (Å²) in [6, 6.07) is 0. The number of hydrogen-bond donors (Lipinski definition) is 0. The van der Waals surface area contributed by atoms with Crippen molar-refractivity contribution in [3.05, 3.63) is 0 Å². The van der Waals surface area contributed by atoms with Gasteiger partial charge in [-0.15, -0.1) is 0 Å². The Morgan fingerprint density at radius 1 is 0.571 bits per heavy atom.